The number of thiophene rings is 1. The third kappa shape index (κ3) is 4.48. The Balaban J connectivity index is 1.32. The summed E-state index contributed by atoms with van der Waals surface area (Å²) in [7, 11) is 1.59. The number of carboxylic acids is 1. The molecule has 0 bridgehead atoms. The van der Waals surface area contributed by atoms with Crippen molar-refractivity contribution >= 4 is 39.2 Å². The minimum Gasteiger partial charge on any atom is -0.497 e. The van der Waals surface area contributed by atoms with Gasteiger partial charge in [0, 0.05) is 23.4 Å². The van der Waals surface area contributed by atoms with Crippen LogP contribution in [0, 0.1) is 0 Å². The maximum absolute atomic E-state index is 12.8. The van der Waals surface area contributed by atoms with Gasteiger partial charge in [0.05, 0.1) is 18.7 Å². The number of carbonyl (C=O) groups excluding carboxylic acids is 1. The Kier molecular flexibility index (Phi) is 6.44. The minimum absolute atomic E-state index is 0.176. The number of carboxylic acid groups (broad SMARTS) is 1. The second-order valence-corrected chi connectivity index (χ2v) is 9.49. The molecule has 0 spiro atoms. The number of benzene rings is 1. The highest BCUT2D eigenvalue weighted by Gasteiger charge is 2.31. The van der Waals surface area contributed by atoms with Crippen LogP contribution in [-0.4, -0.2) is 50.0 Å². The van der Waals surface area contributed by atoms with E-state index in [-0.39, 0.29) is 23.9 Å². The van der Waals surface area contributed by atoms with Crippen molar-refractivity contribution in [1.29, 1.82) is 0 Å². The summed E-state index contributed by atoms with van der Waals surface area (Å²) >= 11 is 1.42. The van der Waals surface area contributed by atoms with Crippen LogP contribution < -0.4 is 20.7 Å². The van der Waals surface area contributed by atoms with Crippen LogP contribution in [0.25, 0.3) is 11.0 Å². The van der Waals surface area contributed by atoms with Crippen molar-refractivity contribution in [3.63, 3.8) is 0 Å². The van der Waals surface area contributed by atoms with E-state index in [9.17, 15) is 14.7 Å². The number of fused-ring (bicyclic) bond motifs is 2. The van der Waals surface area contributed by atoms with Crippen LogP contribution in [0.3, 0.4) is 0 Å². The molecule has 34 heavy (non-hydrogen) atoms. The molecule has 1 unspecified atom stereocenters. The van der Waals surface area contributed by atoms with Gasteiger partial charge in [-0.3, -0.25) is 4.79 Å². The van der Waals surface area contributed by atoms with Gasteiger partial charge in [-0.2, -0.15) is 0 Å². The largest absolute Gasteiger partial charge is 0.497 e. The van der Waals surface area contributed by atoms with Gasteiger partial charge in [0.1, 0.15) is 22.6 Å². The van der Waals surface area contributed by atoms with Crippen molar-refractivity contribution in [3.8, 4) is 5.75 Å². The number of anilines is 1. The molecule has 1 aromatic carbocycles. The molecule has 5 rings (SSSR count). The molecule has 1 amide bonds. The Bertz CT molecular complexity index is 1210. The maximum atomic E-state index is 12.8. The number of aromatic carboxylic acids is 1. The number of methoxy groups -OCH3 is 1. The average Bonchev–Trinajstić information content (AvgIpc) is 3.44. The van der Waals surface area contributed by atoms with E-state index in [0.29, 0.717) is 48.0 Å². The molecule has 2 aromatic heterocycles. The van der Waals surface area contributed by atoms with Crippen LogP contribution >= 0.6 is 11.3 Å². The van der Waals surface area contributed by atoms with Gasteiger partial charge in [-0.25, -0.2) is 4.79 Å². The zero-order valence-corrected chi connectivity index (χ0v) is 19.6. The maximum Gasteiger partial charge on any atom is 0.338 e. The van der Waals surface area contributed by atoms with Gasteiger partial charge in [0.25, 0.3) is 5.91 Å². The molecule has 0 radical (unpaired) electrons. The molecule has 4 N–H and O–H groups in total. The highest BCUT2D eigenvalue weighted by Crippen LogP contribution is 2.40. The van der Waals surface area contributed by atoms with Gasteiger partial charge in [-0.1, -0.05) is 0 Å². The molecule has 2 aliphatic heterocycles. The fraction of sp³-hybridized carbons (Fsp3) is 0.417. The summed E-state index contributed by atoms with van der Waals surface area (Å²) in [5.41, 5.74) is 1.75. The Labute approximate surface area is 200 Å². The highest BCUT2D eigenvalue weighted by atomic mass is 32.1. The Hall–Kier alpha value is -3.08. The van der Waals surface area contributed by atoms with Gasteiger partial charge in [-0.05, 0) is 62.1 Å². The van der Waals surface area contributed by atoms with Gasteiger partial charge >= 0.3 is 5.97 Å². The van der Waals surface area contributed by atoms with Gasteiger partial charge in [0.15, 0.2) is 5.76 Å². The molecule has 2 atom stereocenters. The Morgan fingerprint density at radius 1 is 1.29 bits per heavy atom. The van der Waals surface area contributed by atoms with Crippen molar-refractivity contribution in [2.24, 2.45) is 0 Å². The lowest BCUT2D eigenvalue weighted by Crippen LogP contribution is -2.38. The number of hydrogen-bond acceptors (Lipinski definition) is 8. The van der Waals surface area contributed by atoms with Crippen molar-refractivity contribution in [1.82, 2.24) is 10.6 Å². The summed E-state index contributed by atoms with van der Waals surface area (Å²) in [5.74, 6) is -0.367. The molecule has 3 aromatic rings. The van der Waals surface area contributed by atoms with Crippen LogP contribution in [0.1, 0.15) is 56.7 Å². The third-order valence-electron chi connectivity index (χ3n) is 6.22. The summed E-state index contributed by atoms with van der Waals surface area (Å²) in [4.78, 5) is 25.8. The molecule has 180 valence electrons. The van der Waals surface area contributed by atoms with Crippen LogP contribution in [0.4, 0.5) is 5.00 Å². The number of furan rings is 1. The molecule has 9 nitrogen and oxygen atoms in total. The smallest absolute Gasteiger partial charge is 0.338 e. The van der Waals surface area contributed by atoms with Crippen molar-refractivity contribution < 1.29 is 28.6 Å². The second kappa shape index (κ2) is 9.65. The summed E-state index contributed by atoms with van der Waals surface area (Å²) < 4.78 is 16.7. The molecular weight excluding hydrogens is 458 g/mol. The molecule has 0 aliphatic carbocycles. The third-order valence-corrected chi connectivity index (χ3v) is 7.50. The lowest BCUT2D eigenvalue weighted by Gasteiger charge is -2.24. The minimum atomic E-state index is -0.946. The normalized spacial score (nSPS) is 20.0. The first-order valence-electron chi connectivity index (χ1n) is 11.4. The van der Waals surface area contributed by atoms with Gasteiger partial charge < -0.3 is 34.9 Å². The summed E-state index contributed by atoms with van der Waals surface area (Å²) in [6.07, 6.45) is 3.37. The lowest BCUT2D eigenvalue weighted by molar-refractivity contribution is 0.0344. The van der Waals surface area contributed by atoms with Crippen molar-refractivity contribution in [3.05, 3.63) is 46.0 Å². The van der Waals surface area contributed by atoms with E-state index in [1.165, 1.54) is 11.3 Å². The quantitative estimate of drug-likeness (QED) is 0.399. The topological polar surface area (TPSA) is 122 Å². The van der Waals surface area contributed by atoms with E-state index in [0.717, 1.165) is 35.1 Å². The summed E-state index contributed by atoms with van der Waals surface area (Å²) in [6, 6.07) is 6.86. The molecular formula is C24H27N3O6S. The predicted octanol–water partition coefficient (Wildman–Crippen LogP) is 3.76. The van der Waals surface area contributed by atoms with E-state index >= 15 is 0 Å². The fourth-order valence-corrected chi connectivity index (χ4v) is 5.87. The van der Waals surface area contributed by atoms with E-state index in [1.807, 2.05) is 6.07 Å². The van der Waals surface area contributed by atoms with E-state index < -0.39 is 5.97 Å². The zero-order chi connectivity index (χ0) is 23.7. The van der Waals surface area contributed by atoms with E-state index in [4.69, 9.17) is 13.9 Å². The molecule has 10 heteroatoms. The van der Waals surface area contributed by atoms with Crippen molar-refractivity contribution in [2.75, 3.05) is 32.1 Å². The van der Waals surface area contributed by atoms with Gasteiger partial charge in [-0.15, -0.1) is 11.3 Å². The number of hydrogen-bond donors (Lipinski definition) is 4. The SMILES string of the molecule is COc1ccc2oc(C(=O)NC[C@@H]3NCCc4c3sc(NC3CCCCO3)c4C(=O)O)cc2c1. The van der Waals surface area contributed by atoms with Crippen LogP contribution in [0.5, 0.6) is 5.75 Å². The first kappa shape index (κ1) is 22.7. The monoisotopic (exact) mass is 485 g/mol. The highest BCUT2D eigenvalue weighted by molar-refractivity contribution is 7.16. The zero-order valence-electron chi connectivity index (χ0n) is 18.8. The number of rotatable bonds is 7. The van der Waals surface area contributed by atoms with Gasteiger partial charge in [0.2, 0.25) is 0 Å². The number of ether oxygens (including phenoxy) is 2. The standard InChI is InChI=1S/C24H27N3O6S/c1-31-14-5-6-17-13(10-14)11-18(33-17)22(28)26-12-16-21-15(7-8-25-16)20(24(29)30)23(34-21)27-19-4-2-3-9-32-19/h5-6,10-11,16,19,25,27H,2-4,7-9,12H2,1H3,(H,26,28)(H,29,30)/t16-,19?/m0/s1. The number of carbonyl (C=O) groups is 2. The molecule has 1 saturated heterocycles. The Morgan fingerprint density at radius 3 is 2.94 bits per heavy atom. The van der Waals surface area contributed by atoms with Crippen LogP contribution in [0.2, 0.25) is 0 Å². The summed E-state index contributed by atoms with van der Waals surface area (Å²) in [6.45, 7) is 1.62. The number of nitrogens with one attached hydrogen (secondary N) is 3. The fourth-order valence-electron chi connectivity index (χ4n) is 4.51. The second-order valence-electron chi connectivity index (χ2n) is 8.43. The molecule has 2 aliphatic rings. The number of amides is 1. The first-order chi connectivity index (χ1) is 16.5. The summed E-state index contributed by atoms with van der Waals surface area (Å²) in [5, 5.41) is 20.9. The molecule has 4 heterocycles. The van der Waals surface area contributed by atoms with E-state index in [1.54, 1.807) is 25.3 Å². The van der Waals surface area contributed by atoms with Crippen LogP contribution in [-0.2, 0) is 11.2 Å². The predicted molar refractivity (Wildman–Crippen MR) is 128 cm³/mol. The molecule has 1 fully saturated rings. The van der Waals surface area contributed by atoms with Crippen molar-refractivity contribution in [2.45, 2.75) is 38.0 Å². The molecule has 0 saturated carbocycles. The lowest BCUT2D eigenvalue weighted by atomic mass is 9.99. The van der Waals surface area contributed by atoms with Crippen LogP contribution in [0.15, 0.2) is 28.7 Å². The Morgan fingerprint density at radius 2 is 2.18 bits per heavy atom. The first-order valence-corrected chi connectivity index (χ1v) is 12.2. The average molecular weight is 486 g/mol. The van der Waals surface area contributed by atoms with E-state index in [2.05, 4.69) is 16.0 Å².